The van der Waals surface area contributed by atoms with Gasteiger partial charge in [0.25, 0.3) is 0 Å². The van der Waals surface area contributed by atoms with Crippen LogP contribution in [0.2, 0.25) is 0 Å². The third kappa shape index (κ3) is 7.77. The van der Waals surface area contributed by atoms with Crippen molar-refractivity contribution in [1.82, 2.24) is 30.8 Å². The molecule has 0 aliphatic heterocycles. The van der Waals surface area contributed by atoms with E-state index in [2.05, 4.69) is 45.5 Å². The highest BCUT2D eigenvalue weighted by Crippen LogP contribution is 2.29. The van der Waals surface area contributed by atoms with Crippen molar-refractivity contribution in [3.63, 3.8) is 0 Å². The van der Waals surface area contributed by atoms with Gasteiger partial charge in [-0.15, -0.1) is 5.10 Å². The van der Waals surface area contributed by atoms with E-state index in [4.69, 9.17) is 0 Å². The van der Waals surface area contributed by atoms with E-state index < -0.39 is 0 Å². The largest absolute Gasteiger partial charge is 0.347 e. The van der Waals surface area contributed by atoms with Crippen LogP contribution in [-0.2, 0) is 22.6 Å². The Balaban J connectivity index is 1.39. The molecule has 0 spiro atoms. The highest BCUT2D eigenvalue weighted by molar-refractivity contribution is 7.80. The lowest BCUT2D eigenvalue weighted by Crippen LogP contribution is -2.42. The van der Waals surface area contributed by atoms with Gasteiger partial charge in [-0.05, 0) is 45.5 Å². The smallest absolute Gasteiger partial charge is 0.242 e. The number of hydrogen-bond donors (Lipinski definition) is 3. The Morgan fingerprint density at radius 1 is 0.949 bits per heavy atom. The summed E-state index contributed by atoms with van der Waals surface area (Å²) in [5.41, 5.74) is 5.05. The minimum atomic E-state index is -0.296. The predicted octanol–water partition coefficient (Wildman–Crippen LogP) is 4.57. The van der Waals surface area contributed by atoms with Crippen LogP contribution in [0.5, 0.6) is 0 Å². The molecule has 0 aliphatic rings. The highest BCUT2D eigenvalue weighted by Gasteiger charge is 2.20. The van der Waals surface area contributed by atoms with Gasteiger partial charge in [0.05, 0.1) is 12.5 Å². The second-order valence-corrected chi connectivity index (χ2v) is 9.81. The van der Waals surface area contributed by atoms with Gasteiger partial charge in [-0.1, -0.05) is 92.2 Å². The number of H-pyrrole nitrogens is 1. The average Bonchev–Trinajstić information content (AvgIpc) is 3.52. The molecule has 1 aromatic heterocycles. The number of rotatable bonds is 13. The summed E-state index contributed by atoms with van der Waals surface area (Å²) in [6.07, 6.45) is 2.46. The van der Waals surface area contributed by atoms with E-state index in [0.717, 1.165) is 40.7 Å². The van der Waals surface area contributed by atoms with Crippen molar-refractivity contribution >= 4 is 24.4 Å². The van der Waals surface area contributed by atoms with Gasteiger partial charge in [-0.25, -0.2) is 5.10 Å². The summed E-state index contributed by atoms with van der Waals surface area (Å²) in [4.78, 5) is 27.8. The molecule has 1 atom stereocenters. The lowest BCUT2D eigenvalue weighted by atomic mass is 9.98. The Bertz CT molecular complexity index is 1330. The summed E-state index contributed by atoms with van der Waals surface area (Å²) in [7, 11) is 0. The quantitative estimate of drug-likeness (QED) is 0.215. The number of hydrogen-bond acceptors (Lipinski definition) is 6. The Kier molecular flexibility index (Phi) is 10.2. The fraction of sp³-hybridized carbons (Fsp3) is 0.300. The number of aromatic nitrogens is 4. The first-order valence-electron chi connectivity index (χ1n) is 13.2. The number of amides is 2. The molecule has 4 aromatic rings. The van der Waals surface area contributed by atoms with Gasteiger partial charge in [0.2, 0.25) is 11.8 Å². The van der Waals surface area contributed by atoms with E-state index in [1.54, 1.807) is 0 Å². The summed E-state index contributed by atoms with van der Waals surface area (Å²) >= 11 is 4.37. The van der Waals surface area contributed by atoms with Gasteiger partial charge in [-0.2, -0.15) is 12.6 Å². The second kappa shape index (κ2) is 14.2. The highest BCUT2D eigenvalue weighted by atomic mass is 32.1. The molecule has 1 heterocycles. The van der Waals surface area contributed by atoms with E-state index >= 15 is 0 Å². The van der Waals surface area contributed by atoms with E-state index in [1.165, 1.54) is 0 Å². The van der Waals surface area contributed by atoms with Crippen molar-refractivity contribution in [2.75, 3.05) is 18.8 Å². The Labute approximate surface area is 234 Å². The molecule has 3 aromatic carbocycles. The lowest BCUT2D eigenvalue weighted by Gasteiger charge is -2.24. The first-order chi connectivity index (χ1) is 19.1. The van der Waals surface area contributed by atoms with Crippen molar-refractivity contribution in [2.45, 2.75) is 32.7 Å². The minimum absolute atomic E-state index is 0.0295. The number of tetrazole rings is 1. The number of benzene rings is 3. The number of unbranched alkanes of at least 4 members (excludes halogenated alkanes) is 1. The van der Waals surface area contributed by atoms with Crippen LogP contribution in [0.3, 0.4) is 0 Å². The Hall–Kier alpha value is -3.98. The molecule has 0 bridgehead atoms. The van der Waals surface area contributed by atoms with Gasteiger partial charge in [-0.3, -0.25) is 9.59 Å². The van der Waals surface area contributed by atoms with E-state index in [1.807, 2.05) is 83.8 Å². The third-order valence-electron chi connectivity index (χ3n) is 6.63. The number of aromatic amines is 1. The maximum atomic E-state index is 13.2. The standard InChI is InChI=1S/C30H34N6O2S/c1-2-3-17-36(28(37)19-31-30(38)25(21-39)18-22-9-5-4-6-10-22)20-23-13-15-24(16-14-23)26-11-7-8-12-27(26)29-32-34-35-33-29/h4-16,25,39H,2-3,17-21H2,1H3,(H,31,38)(H,32,33,34,35). The van der Waals surface area contributed by atoms with Crippen LogP contribution < -0.4 is 5.32 Å². The third-order valence-corrected chi connectivity index (χ3v) is 7.07. The maximum absolute atomic E-state index is 13.2. The fourth-order valence-electron chi connectivity index (χ4n) is 4.42. The zero-order valence-electron chi connectivity index (χ0n) is 22.1. The fourth-order valence-corrected chi connectivity index (χ4v) is 4.72. The average molecular weight is 543 g/mol. The summed E-state index contributed by atoms with van der Waals surface area (Å²) in [6, 6.07) is 25.9. The van der Waals surface area contributed by atoms with Crippen molar-refractivity contribution in [3.05, 3.63) is 90.0 Å². The number of nitrogens with one attached hydrogen (secondary N) is 2. The van der Waals surface area contributed by atoms with Crippen molar-refractivity contribution in [3.8, 4) is 22.5 Å². The molecule has 2 amide bonds. The normalized spacial score (nSPS) is 11.6. The van der Waals surface area contributed by atoms with Gasteiger partial charge in [0.15, 0.2) is 5.82 Å². The molecule has 2 N–H and O–H groups in total. The molecule has 0 radical (unpaired) electrons. The van der Waals surface area contributed by atoms with Crippen molar-refractivity contribution in [1.29, 1.82) is 0 Å². The van der Waals surface area contributed by atoms with E-state index in [-0.39, 0.29) is 24.3 Å². The molecule has 9 heteroatoms. The number of nitrogens with zero attached hydrogens (tertiary/aromatic N) is 4. The lowest BCUT2D eigenvalue weighted by molar-refractivity contribution is -0.134. The van der Waals surface area contributed by atoms with Gasteiger partial charge in [0, 0.05) is 24.4 Å². The van der Waals surface area contributed by atoms with Gasteiger partial charge < -0.3 is 10.2 Å². The second-order valence-electron chi connectivity index (χ2n) is 9.45. The molecular formula is C30H34N6O2S. The molecule has 202 valence electrons. The predicted molar refractivity (Wildman–Crippen MR) is 156 cm³/mol. The first-order valence-corrected chi connectivity index (χ1v) is 13.8. The molecule has 0 aliphatic carbocycles. The molecule has 0 fully saturated rings. The maximum Gasteiger partial charge on any atom is 0.242 e. The topological polar surface area (TPSA) is 104 Å². The molecule has 0 saturated heterocycles. The summed E-state index contributed by atoms with van der Waals surface area (Å²) in [5, 5.41) is 17.1. The van der Waals surface area contributed by atoms with E-state index in [9.17, 15) is 9.59 Å². The van der Waals surface area contributed by atoms with Crippen molar-refractivity contribution < 1.29 is 9.59 Å². The zero-order chi connectivity index (χ0) is 27.5. The van der Waals surface area contributed by atoms with Crippen LogP contribution in [0.15, 0.2) is 78.9 Å². The summed E-state index contributed by atoms with van der Waals surface area (Å²) in [6.45, 7) is 3.18. The number of thiol groups is 1. The van der Waals surface area contributed by atoms with Crippen LogP contribution in [0.25, 0.3) is 22.5 Å². The summed E-state index contributed by atoms with van der Waals surface area (Å²) in [5.74, 6) is 0.480. The first kappa shape index (κ1) is 28.0. The van der Waals surface area contributed by atoms with Crippen LogP contribution in [0.4, 0.5) is 0 Å². The Morgan fingerprint density at radius 3 is 2.33 bits per heavy atom. The SMILES string of the molecule is CCCCN(Cc1ccc(-c2ccccc2-c2nnn[nH]2)cc1)C(=O)CNC(=O)C(CS)Cc1ccccc1. The van der Waals surface area contributed by atoms with Crippen LogP contribution in [0, 0.1) is 5.92 Å². The summed E-state index contributed by atoms with van der Waals surface area (Å²) < 4.78 is 0. The zero-order valence-corrected chi connectivity index (χ0v) is 23.0. The van der Waals surface area contributed by atoms with Crippen LogP contribution in [0.1, 0.15) is 30.9 Å². The molecular weight excluding hydrogens is 508 g/mol. The monoisotopic (exact) mass is 542 g/mol. The molecule has 4 rings (SSSR count). The molecule has 8 nitrogen and oxygen atoms in total. The minimum Gasteiger partial charge on any atom is -0.347 e. The molecule has 39 heavy (non-hydrogen) atoms. The van der Waals surface area contributed by atoms with Crippen molar-refractivity contribution in [2.24, 2.45) is 5.92 Å². The van der Waals surface area contributed by atoms with Gasteiger partial charge >= 0.3 is 0 Å². The van der Waals surface area contributed by atoms with Crippen LogP contribution >= 0.6 is 12.6 Å². The molecule has 1 unspecified atom stereocenters. The van der Waals surface area contributed by atoms with E-state index in [0.29, 0.717) is 31.1 Å². The molecule has 0 saturated carbocycles. The Morgan fingerprint density at radius 2 is 1.67 bits per heavy atom. The van der Waals surface area contributed by atoms with Crippen LogP contribution in [-0.4, -0.2) is 56.2 Å². The van der Waals surface area contributed by atoms with Gasteiger partial charge in [0.1, 0.15) is 0 Å². The number of carbonyl (C=O) groups is 2. The number of carbonyl (C=O) groups excluding carboxylic acids is 2.